The molecule has 1 aromatic rings. The van der Waals surface area contributed by atoms with Gasteiger partial charge in [-0.25, -0.2) is 13.1 Å². The van der Waals surface area contributed by atoms with Crippen molar-refractivity contribution in [1.29, 1.82) is 0 Å². The van der Waals surface area contributed by atoms with Crippen LogP contribution >= 0.6 is 0 Å². The molecule has 0 saturated heterocycles. The lowest BCUT2D eigenvalue weighted by Gasteiger charge is -2.17. The second-order valence-corrected chi connectivity index (χ2v) is 6.98. The van der Waals surface area contributed by atoms with Crippen molar-refractivity contribution in [3.8, 4) is 11.5 Å². The van der Waals surface area contributed by atoms with Gasteiger partial charge in [0, 0.05) is 24.2 Å². The number of nitrogens with one attached hydrogen (secondary N) is 1. The quantitative estimate of drug-likeness (QED) is 0.790. The predicted molar refractivity (Wildman–Crippen MR) is 79.9 cm³/mol. The minimum absolute atomic E-state index is 0.0653. The van der Waals surface area contributed by atoms with Crippen LogP contribution in [0.1, 0.15) is 25.3 Å². The van der Waals surface area contributed by atoms with Crippen LogP contribution in [-0.4, -0.2) is 28.7 Å². The van der Waals surface area contributed by atoms with Gasteiger partial charge in [-0.15, -0.1) is 0 Å². The van der Waals surface area contributed by atoms with Gasteiger partial charge in [0.25, 0.3) is 0 Å². The van der Waals surface area contributed by atoms with Gasteiger partial charge in [0.1, 0.15) is 0 Å². The largest absolute Gasteiger partial charge is 0.493 e. The zero-order chi connectivity index (χ0) is 15.6. The molecular formula is C14H22N2O4S. The van der Waals surface area contributed by atoms with Crippen LogP contribution in [0.3, 0.4) is 0 Å². The van der Waals surface area contributed by atoms with Crippen LogP contribution in [0.2, 0.25) is 0 Å². The lowest BCUT2D eigenvalue weighted by Crippen LogP contribution is -2.34. The maximum Gasteiger partial charge on any atom is 0.240 e. The fourth-order valence-electron chi connectivity index (χ4n) is 2.33. The van der Waals surface area contributed by atoms with Crippen LogP contribution in [0.25, 0.3) is 0 Å². The highest BCUT2D eigenvalue weighted by Gasteiger charge is 2.31. The lowest BCUT2D eigenvalue weighted by molar-refractivity contribution is 0.350. The number of hydrogen-bond donors (Lipinski definition) is 2. The summed E-state index contributed by atoms with van der Waals surface area (Å²) in [6, 6.07) is 2.92. The third-order valence-electron chi connectivity index (χ3n) is 3.73. The molecule has 2 rings (SSSR count). The predicted octanol–water partition coefficient (Wildman–Crippen LogP) is 1.24. The van der Waals surface area contributed by atoms with Crippen molar-refractivity contribution >= 4 is 10.0 Å². The first-order valence-electron chi connectivity index (χ1n) is 6.90. The molecule has 1 atom stereocenters. The average molecular weight is 314 g/mol. The Balaban J connectivity index is 2.37. The van der Waals surface area contributed by atoms with E-state index in [0.29, 0.717) is 23.0 Å². The van der Waals surface area contributed by atoms with E-state index in [-0.39, 0.29) is 17.5 Å². The molecule has 0 radical (unpaired) electrons. The molecule has 1 fully saturated rings. The molecule has 3 N–H and O–H groups in total. The summed E-state index contributed by atoms with van der Waals surface area (Å²) in [6.45, 7) is 2.06. The van der Waals surface area contributed by atoms with E-state index >= 15 is 0 Å². The molecule has 7 heteroatoms. The molecule has 1 aliphatic carbocycles. The topological polar surface area (TPSA) is 90.7 Å². The standard InChI is InChI=1S/C14H22N2O4S/c1-9(10-4-5-10)16-21(17,18)12-6-11(8-15)14(20-3)13(7-12)19-2/h6-7,9-10,16H,4-5,8,15H2,1-3H3. The molecule has 1 unspecified atom stereocenters. The van der Waals surface area contributed by atoms with E-state index in [1.54, 1.807) is 0 Å². The van der Waals surface area contributed by atoms with Gasteiger partial charge in [0.05, 0.1) is 19.1 Å². The molecule has 1 aromatic carbocycles. The molecule has 1 aliphatic rings. The summed E-state index contributed by atoms with van der Waals surface area (Å²) in [5.41, 5.74) is 6.26. The number of benzene rings is 1. The van der Waals surface area contributed by atoms with E-state index in [1.165, 1.54) is 26.4 Å². The molecule has 6 nitrogen and oxygen atoms in total. The van der Waals surface area contributed by atoms with Gasteiger partial charge in [0.2, 0.25) is 10.0 Å². The number of nitrogens with two attached hydrogens (primary N) is 1. The maximum absolute atomic E-state index is 12.5. The van der Waals surface area contributed by atoms with Gasteiger partial charge in [0.15, 0.2) is 11.5 Å². The molecule has 0 heterocycles. The van der Waals surface area contributed by atoms with Gasteiger partial charge < -0.3 is 15.2 Å². The van der Waals surface area contributed by atoms with E-state index in [4.69, 9.17) is 15.2 Å². The van der Waals surface area contributed by atoms with Crippen molar-refractivity contribution in [1.82, 2.24) is 4.72 Å². The molecule has 0 aliphatic heterocycles. The SMILES string of the molecule is COc1cc(S(=O)(=O)NC(C)C2CC2)cc(CN)c1OC. The third kappa shape index (κ3) is 3.48. The zero-order valence-corrected chi connectivity index (χ0v) is 13.4. The monoisotopic (exact) mass is 314 g/mol. The lowest BCUT2D eigenvalue weighted by atomic mass is 10.2. The number of ether oxygens (including phenoxy) is 2. The van der Waals surface area contributed by atoms with Crippen molar-refractivity contribution in [3.05, 3.63) is 17.7 Å². The summed E-state index contributed by atoms with van der Waals surface area (Å²) in [7, 11) is -0.630. The van der Waals surface area contributed by atoms with Crippen LogP contribution in [0.5, 0.6) is 11.5 Å². The second kappa shape index (κ2) is 6.21. The highest BCUT2D eigenvalue weighted by molar-refractivity contribution is 7.89. The van der Waals surface area contributed by atoms with Crippen molar-refractivity contribution in [3.63, 3.8) is 0 Å². The number of hydrogen-bond acceptors (Lipinski definition) is 5. The summed E-state index contributed by atoms with van der Waals surface area (Å²) >= 11 is 0. The summed E-state index contributed by atoms with van der Waals surface area (Å²) in [4.78, 5) is 0.146. The fraction of sp³-hybridized carbons (Fsp3) is 0.571. The van der Waals surface area contributed by atoms with Gasteiger partial charge in [-0.3, -0.25) is 0 Å². The first-order chi connectivity index (χ1) is 9.92. The molecule has 0 bridgehead atoms. The van der Waals surface area contributed by atoms with Crippen molar-refractivity contribution in [2.75, 3.05) is 14.2 Å². The number of methoxy groups -OCH3 is 2. The Morgan fingerprint density at radius 2 is 2.00 bits per heavy atom. The van der Waals surface area contributed by atoms with Crippen molar-refractivity contribution < 1.29 is 17.9 Å². The van der Waals surface area contributed by atoms with Crippen LogP contribution in [-0.2, 0) is 16.6 Å². The van der Waals surface area contributed by atoms with Gasteiger partial charge in [-0.05, 0) is 31.7 Å². The van der Waals surface area contributed by atoms with E-state index < -0.39 is 10.0 Å². The van der Waals surface area contributed by atoms with Crippen LogP contribution < -0.4 is 19.9 Å². The zero-order valence-electron chi connectivity index (χ0n) is 12.5. The normalized spacial score (nSPS) is 16.6. The van der Waals surface area contributed by atoms with E-state index in [1.807, 2.05) is 6.92 Å². The Bertz CT molecular complexity index is 586. The molecule has 0 aromatic heterocycles. The van der Waals surface area contributed by atoms with Crippen LogP contribution in [0.15, 0.2) is 17.0 Å². The highest BCUT2D eigenvalue weighted by atomic mass is 32.2. The molecule has 118 valence electrons. The summed E-state index contributed by atoms with van der Waals surface area (Å²) in [5.74, 6) is 1.27. The Kier molecular flexibility index (Phi) is 4.75. The Morgan fingerprint density at radius 3 is 2.48 bits per heavy atom. The summed E-state index contributed by atoms with van der Waals surface area (Å²) in [5, 5.41) is 0. The van der Waals surface area contributed by atoms with Gasteiger partial charge in [-0.2, -0.15) is 0 Å². The van der Waals surface area contributed by atoms with Gasteiger partial charge in [-0.1, -0.05) is 0 Å². The van der Waals surface area contributed by atoms with E-state index in [2.05, 4.69) is 4.72 Å². The third-order valence-corrected chi connectivity index (χ3v) is 5.27. The Hall–Kier alpha value is -1.31. The smallest absolute Gasteiger partial charge is 0.240 e. The van der Waals surface area contributed by atoms with Gasteiger partial charge >= 0.3 is 0 Å². The second-order valence-electron chi connectivity index (χ2n) is 5.27. The van der Waals surface area contributed by atoms with E-state index in [0.717, 1.165) is 12.8 Å². The van der Waals surface area contributed by atoms with E-state index in [9.17, 15) is 8.42 Å². The first kappa shape index (κ1) is 16.1. The average Bonchev–Trinajstić information content (AvgIpc) is 3.29. The highest BCUT2D eigenvalue weighted by Crippen LogP contribution is 2.35. The Labute approximate surface area is 125 Å². The fourth-order valence-corrected chi connectivity index (χ4v) is 3.70. The molecule has 0 amide bonds. The van der Waals surface area contributed by atoms with Crippen molar-refractivity contribution in [2.45, 2.75) is 37.2 Å². The molecule has 1 saturated carbocycles. The van der Waals surface area contributed by atoms with Crippen LogP contribution in [0, 0.1) is 5.92 Å². The minimum Gasteiger partial charge on any atom is -0.493 e. The van der Waals surface area contributed by atoms with Crippen LogP contribution in [0.4, 0.5) is 0 Å². The maximum atomic E-state index is 12.5. The Morgan fingerprint density at radius 1 is 1.33 bits per heavy atom. The molecule has 21 heavy (non-hydrogen) atoms. The first-order valence-corrected chi connectivity index (χ1v) is 8.38. The number of sulfonamides is 1. The number of rotatable bonds is 7. The van der Waals surface area contributed by atoms with Crippen molar-refractivity contribution in [2.24, 2.45) is 11.7 Å². The molecular weight excluding hydrogens is 292 g/mol. The molecule has 0 spiro atoms. The summed E-state index contributed by atoms with van der Waals surface area (Å²) < 4.78 is 38.1. The minimum atomic E-state index is -3.60. The summed E-state index contributed by atoms with van der Waals surface area (Å²) in [6.07, 6.45) is 2.15.